The van der Waals surface area contributed by atoms with E-state index in [-0.39, 0.29) is 30.1 Å². The van der Waals surface area contributed by atoms with E-state index in [1.54, 1.807) is 10.9 Å². The summed E-state index contributed by atoms with van der Waals surface area (Å²) in [4.78, 5) is 23.5. The first-order valence-electron chi connectivity index (χ1n) is 9.60. The molecule has 2 fully saturated rings. The molecule has 1 aliphatic carbocycles. The van der Waals surface area contributed by atoms with Gasteiger partial charge >= 0.3 is 0 Å². The normalized spacial score (nSPS) is 18.7. The summed E-state index contributed by atoms with van der Waals surface area (Å²) in [6.45, 7) is 1.23. The van der Waals surface area contributed by atoms with E-state index in [0.717, 1.165) is 35.0 Å². The van der Waals surface area contributed by atoms with Gasteiger partial charge in [-0.15, -0.1) is 12.4 Å². The average molecular weight is 415 g/mol. The number of aryl methyl sites for hydroxylation is 1. The van der Waals surface area contributed by atoms with Gasteiger partial charge in [0.1, 0.15) is 11.5 Å². The molecule has 1 unspecified atom stereocenters. The summed E-state index contributed by atoms with van der Waals surface area (Å²) < 4.78 is 1.78. The van der Waals surface area contributed by atoms with E-state index in [1.165, 1.54) is 6.20 Å². The second kappa shape index (κ2) is 7.61. The molecule has 1 aromatic carbocycles. The van der Waals surface area contributed by atoms with Gasteiger partial charge in [0.25, 0.3) is 5.91 Å². The van der Waals surface area contributed by atoms with Gasteiger partial charge in [0.15, 0.2) is 0 Å². The maximum atomic E-state index is 12.9. The number of hydrogen-bond acceptors (Lipinski definition) is 6. The smallest absolute Gasteiger partial charge is 0.275 e. The third-order valence-electron chi connectivity index (χ3n) is 5.40. The first kappa shape index (κ1) is 19.6. The summed E-state index contributed by atoms with van der Waals surface area (Å²) in [6.07, 6.45) is 7.67. The van der Waals surface area contributed by atoms with Gasteiger partial charge in [-0.25, -0.2) is 4.98 Å². The van der Waals surface area contributed by atoms with Crippen molar-refractivity contribution in [2.75, 3.05) is 23.3 Å². The summed E-state index contributed by atoms with van der Waals surface area (Å²) in [7, 11) is 1.89. The largest absolute Gasteiger partial charge is 0.391 e. The average Bonchev–Trinajstić information content (AvgIpc) is 3.33. The number of nitrogens with zero attached hydrogens (tertiary/aromatic N) is 5. The molecule has 152 valence electrons. The molecule has 1 amide bonds. The quantitative estimate of drug-likeness (QED) is 0.680. The van der Waals surface area contributed by atoms with Crippen LogP contribution < -0.4 is 10.2 Å². The maximum Gasteiger partial charge on any atom is 0.275 e. The molecule has 0 bridgehead atoms. The molecule has 9 heteroatoms. The molecule has 3 aromatic rings. The summed E-state index contributed by atoms with van der Waals surface area (Å²) in [5.74, 6) is 0.818. The van der Waals surface area contributed by atoms with Crippen LogP contribution in [0.4, 0.5) is 11.5 Å². The number of carbonyl (C=O) groups is 1. The third-order valence-corrected chi connectivity index (χ3v) is 5.40. The van der Waals surface area contributed by atoms with Gasteiger partial charge in [0.05, 0.1) is 24.0 Å². The molecule has 3 heterocycles. The van der Waals surface area contributed by atoms with Gasteiger partial charge in [-0.1, -0.05) is 0 Å². The highest BCUT2D eigenvalue weighted by Gasteiger charge is 2.28. The van der Waals surface area contributed by atoms with Crippen molar-refractivity contribution in [1.29, 1.82) is 0 Å². The first-order chi connectivity index (χ1) is 13.6. The second-order valence-electron chi connectivity index (χ2n) is 7.68. The van der Waals surface area contributed by atoms with Crippen molar-refractivity contribution in [3.63, 3.8) is 0 Å². The first-order valence-corrected chi connectivity index (χ1v) is 9.60. The summed E-state index contributed by atoms with van der Waals surface area (Å²) in [5, 5.41) is 18.2. The minimum Gasteiger partial charge on any atom is -0.391 e. The molecule has 0 spiro atoms. The number of anilines is 2. The zero-order chi connectivity index (χ0) is 19.3. The van der Waals surface area contributed by atoms with E-state index in [9.17, 15) is 9.90 Å². The van der Waals surface area contributed by atoms with Gasteiger partial charge in [0.2, 0.25) is 0 Å². The number of halogens is 1. The van der Waals surface area contributed by atoms with Crippen LogP contribution in [-0.2, 0) is 7.05 Å². The predicted octanol–water partition coefficient (Wildman–Crippen LogP) is 2.49. The SMILES string of the molecule is Cl.Cn1cc2cc(NC(=O)c3cncc(N4CCC(O)C4)n3)c(C3CC3)cc2n1. The van der Waals surface area contributed by atoms with Gasteiger partial charge in [-0.2, -0.15) is 5.10 Å². The Kier molecular flexibility index (Phi) is 5.14. The number of nitrogens with one attached hydrogen (secondary N) is 1. The minimum absolute atomic E-state index is 0. The number of fused-ring (bicyclic) bond motifs is 1. The van der Waals surface area contributed by atoms with Crippen LogP contribution in [0, 0.1) is 0 Å². The van der Waals surface area contributed by atoms with E-state index in [1.807, 2.05) is 24.2 Å². The van der Waals surface area contributed by atoms with E-state index < -0.39 is 0 Å². The molecule has 2 aliphatic rings. The molecular weight excluding hydrogens is 392 g/mol. The fourth-order valence-electron chi connectivity index (χ4n) is 3.81. The Labute approximate surface area is 174 Å². The Morgan fingerprint density at radius 2 is 2.07 bits per heavy atom. The standard InChI is InChI=1S/C20H22N6O2.ClH/c1-25-10-13-6-17(15(12-2-3-12)7-16(13)24-25)23-20(28)18-8-21-9-19(22-18)26-5-4-14(27)11-26;/h6-10,12,14,27H,2-5,11H2,1H3,(H,23,28);1H. The van der Waals surface area contributed by atoms with Crippen LogP contribution in [0.2, 0.25) is 0 Å². The number of aromatic nitrogens is 4. The number of rotatable bonds is 4. The van der Waals surface area contributed by atoms with E-state index in [0.29, 0.717) is 31.2 Å². The van der Waals surface area contributed by atoms with Crippen molar-refractivity contribution in [1.82, 2.24) is 19.7 Å². The minimum atomic E-state index is -0.355. The Hall–Kier alpha value is -2.71. The fourth-order valence-corrected chi connectivity index (χ4v) is 3.81. The van der Waals surface area contributed by atoms with Gasteiger partial charge in [0, 0.05) is 37.4 Å². The van der Waals surface area contributed by atoms with Gasteiger partial charge in [-0.05, 0) is 42.9 Å². The molecule has 8 nitrogen and oxygen atoms in total. The van der Waals surface area contributed by atoms with Crippen molar-refractivity contribution in [2.45, 2.75) is 31.3 Å². The molecular formula is C20H23ClN6O2. The lowest BCUT2D eigenvalue weighted by atomic mass is 10.1. The highest BCUT2D eigenvalue weighted by molar-refractivity contribution is 6.04. The van der Waals surface area contributed by atoms with E-state index in [4.69, 9.17) is 0 Å². The number of benzene rings is 1. The van der Waals surface area contributed by atoms with Crippen LogP contribution in [-0.4, -0.2) is 50.0 Å². The van der Waals surface area contributed by atoms with Crippen molar-refractivity contribution in [2.24, 2.45) is 7.05 Å². The topological polar surface area (TPSA) is 96.2 Å². The number of carbonyl (C=O) groups excluding carboxylic acids is 1. The lowest BCUT2D eigenvalue weighted by molar-refractivity contribution is 0.102. The van der Waals surface area contributed by atoms with Crippen molar-refractivity contribution in [3.05, 3.63) is 42.0 Å². The zero-order valence-corrected chi connectivity index (χ0v) is 16.9. The highest BCUT2D eigenvalue weighted by atomic mass is 35.5. The fraction of sp³-hybridized carbons (Fsp3) is 0.400. The van der Waals surface area contributed by atoms with Gasteiger partial charge in [-0.3, -0.25) is 14.5 Å². The van der Waals surface area contributed by atoms with Crippen LogP contribution in [0.15, 0.2) is 30.7 Å². The van der Waals surface area contributed by atoms with Crippen LogP contribution >= 0.6 is 12.4 Å². The van der Waals surface area contributed by atoms with E-state index >= 15 is 0 Å². The number of amides is 1. The van der Waals surface area contributed by atoms with E-state index in [2.05, 4.69) is 26.4 Å². The zero-order valence-electron chi connectivity index (χ0n) is 16.1. The van der Waals surface area contributed by atoms with Crippen molar-refractivity contribution in [3.8, 4) is 0 Å². The number of aliphatic hydroxyl groups is 1. The summed E-state index contributed by atoms with van der Waals surface area (Å²) in [6, 6.07) is 4.07. The molecule has 1 saturated heterocycles. The van der Waals surface area contributed by atoms with Crippen molar-refractivity contribution >= 4 is 40.7 Å². The molecule has 5 rings (SSSR count). The number of hydrogen-bond donors (Lipinski definition) is 2. The molecule has 0 radical (unpaired) electrons. The number of aliphatic hydroxyl groups excluding tert-OH is 1. The molecule has 2 N–H and O–H groups in total. The molecule has 1 aliphatic heterocycles. The monoisotopic (exact) mass is 414 g/mol. The lowest BCUT2D eigenvalue weighted by Gasteiger charge is -2.16. The molecule has 1 saturated carbocycles. The van der Waals surface area contributed by atoms with Crippen LogP contribution in [0.1, 0.15) is 41.2 Å². The molecule has 1 atom stereocenters. The predicted molar refractivity (Wildman–Crippen MR) is 113 cm³/mol. The maximum absolute atomic E-state index is 12.9. The van der Waals surface area contributed by atoms with Crippen LogP contribution in [0.25, 0.3) is 10.9 Å². The molecule has 2 aromatic heterocycles. The lowest BCUT2D eigenvalue weighted by Crippen LogP contribution is -2.24. The Bertz CT molecular complexity index is 1060. The van der Waals surface area contributed by atoms with Crippen LogP contribution in [0.5, 0.6) is 0 Å². The summed E-state index contributed by atoms with van der Waals surface area (Å²) >= 11 is 0. The van der Waals surface area contributed by atoms with Gasteiger partial charge < -0.3 is 15.3 Å². The Balaban J connectivity index is 0.00000205. The van der Waals surface area contributed by atoms with Crippen LogP contribution in [0.3, 0.4) is 0 Å². The Morgan fingerprint density at radius 1 is 1.24 bits per heavy atom. The highest BCUT2D eigenvalue weighted by Crippen LogP contribution is 2.44. The van der Waals surface area contributed by atoms with Crippen molar-refractivity contribution < 1.29 is 9.90 Å². The Morgan fingerprint density at radius 3 is 2.79 bits per heavy atom. The second-order valence-corrected chi connectivity index (χ2v) is 7.68. The third kappa shape index (κ3) is 3.90. The molecule has 29 heavy (non-hydrogen) atoms. The number of β-amino-alcohol motifs (C(OH)–C–C–N with tert-alkyl or cyclic N) is 1. The summed E-state index contributed by atoms with van der Waals surface area (Å²) in [5.41, 5.74) is 3.16.